The fraction of sp³-hybridized carbons (Fsp3) is 0.211. The summed E-state index contributed by atoms with van der Waals surface area (Å²) < 4.78 is 0. The van der Waals surface area contributed by atoms with Gasteiger partial charge in [-0.3, -0.25) is 9.59 Å². The van der Waals surface area contributed by atoms with Crippen LogP contribution >= 0.6 is 34.3 Å². The van der Waals surface area contributed by atoms with Crippen LogP contribution in [0.1, 0.15) is 20.2 Å². The summed E-state index contributed by atoms with van der Waals surface area (Å²) in [6.07, 6.45) is 0.738. The van der Waals surface area contributed by atoms with Crippen LogP contribution in [0, 0.1) is 6.92 Å². The van der Waals surface area contributed by atoms with Gasteiger partial charge in [-0.15, -0.1) is 22.7 Å². The number of aryl methyl sites for hydroxylation is 1. The number of nitrogens with zero attached hydrogens (tertiary/aromatic N) is 1. The number of carbonyl (C=O) groups excluding carboxylic acids is 2. The van der Waals surface area contributed by atoms with Gasteiger partial charge in [0.05, 0.1) is 22.1 Å². The van der Waals surface area contributed by atoms with Gasteiger partial charge in [0.2, 0.25) is 5.91 Å². The Kier molecular flexibility index (Phi) is 6.60. The molecular formula is C19H18ClN3O2S2. The Labute approximate surface area is 170 Å². The summed E-state index contributed by atoms with van der Waals surface area (Å²) in [5.74, 6) is -0.550. The minimum absolute atomic E-state index is 0.0703. The molecule has 2 heterocycles. The maximum Gasteiger partial charge on any atom is 0.251 e. The maximum atomic E-state index is 12.0. The molecule has 0 fully saturated rings. The number of halogens is 1. The van der Waals surface area contributed by atoms with Crippen LogP contribution in [0.2, 0.25) is 5.02 Å². The van der Waals surface area contributed by atoms with E-state index in [9.17, 15) is 9.59 Å². The van der Waals surface area contributed by atoms with Crippen molar-refractivity contribution in [1.29, 1.82) is 0 Å². The number of thiazole rings is 1. The van der Waals surface area contributed by atoms with Gasteiger partial charge in [-0.2, -0.15) is 0 Å². The van der Waals surface area contributed by atoms with Crippen LogP contribution in [0.3, 0.4) is 0 Å². The minimum atomic E-state index is -0.325. The molecule has 27 heavy (non-hydrogen) atoms. The van der Waals surface area contributed by atoms with Crippen LogP contribution in [0.5, 0.6) is 0 Å². The van der Waals surface area contributed by atoms with Crippen molar-refractivity contribution < 1.29 is 9.59 Å². The molecule has 0 saturated heterocycles. The summed E-state index contributed by atoms with van der Waals surface area (Å²) in [7, 11) is 0. The smallest absolute Gasteiger partial charge is 0.251 e. The van der Waals surface area contributed by atoms with Crippen molar-refractivity contribution in [2.45, 2.75) is 13.3 Å². The lowest BCUT2D eigenvalue weighted by atomic mass is 10.2. The van der Waals surface area contributed by atoms with Crippen LogP contribution in [0.15, 0.2) is 41.8 Å². The number of aromatic nitrogens is 1. The zero-order valence-electron chi connectivity index (χ0n) is 14.6. The summed E-state index contributed by atoms with van der Waals surface area (Å²) >= 11 is 9.17. The number of rotatable bonds is 7. The summed E-state index contributed by atoms with van der Waals surface area (Å²) in [4.78, 5) is 30.7. The number of nitrogens with one attached hydrogen (secondary N) is 2. The number of hydrogen-bond acceptors (Lipinski definition) is 5. The number of benzene rings is 1. The zero-order chi connectivity index (χ0) is 19.2. The van der Waals surface area contributed by atoms with E-state index in [-0.39, 0.29) is 18.4 Å². The van der Waals surface area contributed by atoms with E-state index in [0.29, 0.717) is 17.1 Å². The molecule has 0 saturated carbocycles. The second-order valence-electron chi connectivity index (χ2n) is 5.81. The normalized spacial score (nSPS) is 10.6. The highest BCUT2D eigenvalue weighted by Crippen LogP contribution is 2.29. The van der Waals surface area contributed by atoms with E-state index in [1.54, 1.807) is 46.9 Å². The lowest BCUT2D eigenvalue weighted by molar-refractivity contribution is -0.120. The van der Waals surface area contributed by atoms with Crippen LogP contribution in [-0.2, 0) is 11.2 Å². The number of carbonyl (C=O) groups is 2. The second kappa shape index (κ2) is 9.12. The van der Waals surface area contributed by atoms with E-state index in [1.165, 1.54) is 4.88 Å². The Bertz CT molecular complexity index is 952. The van der Waals surface area contributed by atoms with Crippen LogP contribution in [0.4, 0.5) is 0 Å². The van der Waals surface area contributed by atoms with Crippen molar-refractivity contribution in [1.82, 2.24) is 15.6 Å². The molecule has 5 nitrogen and oxygen atoms in total. The Balaban J connectivity index is 1.41. The molecule has 0 bridgehead atoms. The first-order valence-corrected chi connectivity index (χ1v) is 10.4. The Morgan fingerprint density at radius 2 is 2.04 bits per heavy atom. The quantitative estimate of drug-likeness (QED) is 0.609. The molecule has 0 aliphatic heterocycles. The molecule has 140 valence electrons. The van der Waals surface area contributed by atoms with Crippen molar-refractivity contribution in [2.75, 3.05) is 13.1 Å². The fourth-order valence-electron chi connectivity index (χ4n) is 2.41. The second-order valence-corrected chi connectivity index (χ2v) is 8.48. The van der Waals surface area contributed by atoms with Crippen molar-refractivity contribution in [3.05, 3.63) is 62.2 Å². The van der Waals surface area contributed by atoms with Crippen LogP contribution in [0.25, 0.3) is 10.6 Å². The summed E-state index contributed by atoms with van der Waals surface area (Å²) in [5.41, 5.74) is 1.43. The summed E-state index contributed by atoms with van der Waals surface area (Å²) in [6, 6.07) is 10.7. The van der Waals surface area contributed by atoms with Crippen molar-refractivity contribution in [2.24, 2.45) is 0 Å². The molecule has 0 spiro atoms. The topological polar surface area (TPSA) is 71.1 Å². The maximum absolute atomic E-state index is 12.0. The largest absolute Gasteiger partial charge is 0.354 e. The highest BCUT2D eigenvalue weighted by atomic mass is 35.5. The van der Waals surface area contributed by atoms with E-state index in [1.807, 2.05) is 6.92 Å². The lowest BCUT2D eigenvalue weighted by Gasteiger charge is -2.07. The van der Waals surface area contributed by atoms with Crippen molar-refractivity contribution in [3.8, 4) is 10.6 Å². The summed E-state index contributed by atoms with van der Waals surface area (Å²) in [5, 5.41) is 8.99. The minimum Gasteiger partial charge on any atom is -0.354 e. The molecule has 2 amide bonds. The molecular weight excluding hydrogens is 402 g/mol. The van der Waals surface area contributed by atoms with E-state index in [0.717, 1.165) is 22.0 Å². The van der Waals surface area contributed by atoms with Gasteiger partial charge >= 0.3 is 0 Å². The first kappa shape index (κ1) is 19.5. The van der Waals surface area contributed by atoms with Gasteiger partial charge in [-0.25, -0.2) is 4.98 Å². The van der Waals surface area contributed by atoms with Crippen molar-refractivity contribution >= 4 is 46.1 Å². The molecule has 0 unspecified atom stereocenters. The van der Waals surface area contributed by atoms with Crippen LogP contribution < -0.4 is 10.6 Å². The Morgan fingerprint density at radius 3 is 2.78 bits per heavy atom. The van der Waals surface area contributed by atoms with Gasteiger partial charge in [0.25, 0.3) is 5.91 Å². The average Bonchev–Trinajstić information content (AvgIpc) is 3.28. The number of hydrogen-bond donors (Lipinski definition) is 2. The highest BCUT2D eigenvalue weighted by Gasteiger charge is 2.09. The first-order chi connectivity index (χ1) is 13.0. The number of thiophene rings is 1. The predicted octanol–water partition coefficient (Wildman–Crippen LogP) is 3.92. The van der Waals surface area contributed by atoms with Gasteiger partial charge in [0, 0.05) is 27.4 Å². The predicted molar refractivity (Wildman–Crippen MR) is 111 cm³/mol. The third-order valence-corrected chi connectivity index (χ3v) is 5.90. The average molecular weight is 420 g/mol. The van der Waals surface area contributed by atoms with Crippen LogP contribution in [-0.4, -0.2) is 29.9 Å². The van der Waals surface area contributed by atoms with E-state index in [4.69, 9.17) is 11.6 Å². The Morgan fingerprint density at radius 1 is 1.19 bits per heavy atom. The zero-order valence-corrected chi connectivity index (χ0v) is 17.0. The molecule has 0 aliphatic carbocycles. The van der Waals surface area contributed by atoms with Gasteiger partial charge in [-0.1, -0.05) is 17.7 Å². The molecule has 3 aromatic rings. The van der Waals surface area contributed by atoms with Gasteiger partial charge in [0.15, 0.2) is 0 Å². The van der Waals surface area contributed by atoms with Gasteiger partial charge in [0.1, 0.15) is 0 Å². The van der Waals surface area contributed by atoms with Gasteiger partial charge < -0.3 is 10.6 Å². The number of amides is 2. The Hall–Kier alpha value is -2.22. The molecule has 3 rings (SSSR count). The highest BCUT2D eigenvalue weighted by molar-refractivity contribution is 7.16. The van der Waals surface area contributed by atoms with Gasteiger partial charge in [-0.05, 0) is 43.7 Å². The van der Waals surface area contributed by atoms with E-state index >= 15 is 0 Å². The molecule has 0 atom stereocenters. The first-order valence-electron chi connectivity index (χ1n) is 8.33. The van der Waals surface area contributed by atoms with E-state index in [2.05, 4.69) is 33.1 Å². The fourth-order valence-corrected chi connectivity index (χ4v) is 4.25. The van der Waals surface area contributed by atoms with E-state index < -0.39 is 0 Å². The summed E-state index contributed by atoms with van der Waals surface area (Å²) in [6.45, 7) is 2.43. The lowest BCUT2D eigenvalue weighted by Crippen LogP contribution is -2.37. The standard InChI is InChI=1S/C19H18ClN3O2S2/c1-12-23-16(11-26-12)17-6-5-15(27-17)7-8-21-18(24)10-22-19(25)13-3-2-4-14(20)9-13/h2-6,9,11H,7-8,10H2,1H3,(H,21,24)(H,22,25). The molecule has 2 aromatic heterocycles. The molecule has 1 aromatic carbocycles. The molecule has 0 aliphatic rings. The molecule has 0 radical (unpaired) electrons. The third kappa shape index (κ3) is 5.63. The third-order valence-electron chi connectivity index (χ3n) is 3.72. The molecule has 8 heteroatoms. The van der Waals surface area contributed by atoms with Crippen molar-refractivity contribution in [3.63, 3.8) is 0 Å². The molecule has 2 N–H and O–H groups in total. The monoisotopic (exact) mass is 419 g/mol. The SMILES string of the molecule is Cc1nc(-c2ccc(CCNC(=O)CNC(=O)c3cccc(Cl)c3)s2)cs1.